The highest BCUT2D eigenvalue weighted by molar-refractivity contribution is 5.49. The fraction of sp³-hybridized carbons (Fsp3) is 0.619. The number of rotatable bonds is 8. The van der Waals surface area contributed by atoms with Gasteiger partial charge in [0, 0.05) is 56.5 Å². The maximum atomic E-state index is 9.47. The monoisotopic (exact) mass is 362 g/mol. The van der Waals surface area contributed by atoms with Crippen LogP contribution in [0.2, 0.25) is 0 Å². The number of ether oxygens (including phenoxy) is 2. The summed E-state index contributed by atoms with van der Waals surface area (Å²) in [6.07, 6.45) is 3.09. The van der Waals surface area contributed by atoms with Gasteiger partial charge in [0.2, 0.25) is 0 Å². The van der Waals surface area contributed by atoms with Gasteiger partial charge in [0.25, 0.3) is 0 Å². The van der Waals surface area contributed by atoms with Crippen molar-refractivity contribution in [3.8, 4) is 11.5 Å². The van der Waals surface area contributed by atoms with Crippen LogP contribution in [0.5, 0.6) is 11.5 Å². The van der Waals surface area contributed by atoms with Gasteiger partial charge in [-0.15, -0.1) is 0 Å². The van der Waals surface area contributed by atoms with E-state index in [-0.39, 0.29) is 6.61 Å². The molecule has 1 aliphatic heterocycles. The summed E-state index contributed by atoms with van der Waals surface area (Å²) in [5.74, 6) is 1.77. The minimum absolute atomic E-state index is 0.231. The Morgan fingerprint density at radius 1 is 1.23 bits per heavy atom. The lowest BCUT2D eigenvalue weighted by atomic mass is 10.0. The summed E-state index contributed by atoms with van der Waals surface area (Å²) in [7, 11) is 3.41. The minimum Gasteiger partial charge on any atom is -0.496 e. The van der Waals surface area contributed by atoms with Gasteiger partial charge in [0.15, 0.2) is 0 Å². The molecule has 0 aromatic heterocycles. The molecule has 1 atom stereocenters. The van der Waals surface area contributed by atoms with Gasteiger partial charge in [-0.2, -0.15) is 0 Å². The summed E-state index contributed by atoms with van der Waals surface area (Å²) in [5.41, 5.74) is 3.57. The van der Waals surface area contributed by atoms with Gasteiger partial charge in [-0.05, 0) is 33.3 Å². The zero-order chi connectivity index (χ0) is 19.1. The van der Waals surface area contributed by atoms with Crippen LogP contribution in [-0.2, 0) is 6.54 Å². The molecule has 0 aliphatic carbocycles. The zero-order valence-corrected chi connectivity index (χ0v) is 16.9. The van der Waals surface area contributed by atoms with E-state index in [1.165, 1.54) is 11.1 Å². The number of aliphatic hydroxyl groups is 1. The summed E-state index contributed by atoms with van der Waals surface area (Å²) in [6, 6.07) is 4.50. The summed E-state index contributed by atoms with van der Waals surface area (Å²) >= 11 is 0. The second-order valence-corrected chi connectivity index (χ2v) is 7.26. The molecule has 0 bridgehead atoms. The first-order valence-electron chi connectivity index (χ1n) is 9.41. The maximum Gasteiger partial charge on any atom is 0.129 e. The number of hydrogen-bond acceptors (Lipinski definition) is 5. The van der Waals surface area contributed by atoms with E-state index >= 15 is 0 Å². The normalized spacial score (nSPS) is 18.6. The Kier molecular flexibility index (Phi) is 7.94. The van der Waals surface area contributed by atoms with E-state index in [0.717, 1.165) is 56.2 Å². The minimum atomic E-state index is 0.231. The molecular formula is C21H34N2O3. The van der Waals surface area contributed by atoms with E-state index in [0.29, 0.717) is 6.04 Å². The van der Waals surface area contributed by atoms with Crippen LogP contribution in [0.3, 0.4) is 0 Å². The van der Waals surface area contributed by atoms with Crippen LogP contribution in [0.1, 0.15) is 31.4 Å². The first-order chi connectivity index (χ1) is 12.5. The first kappa shape index (κ1) is 20.7. The van der Waals surface area contributed by atoms with Crippen LogP contribution in [0.15, 0.2) is 23.8 Å². The third kappa shape index (κ3) is 5.22. The lowest BCUT2D eigenvalue weighted by Crippen LogP contribution is -2.53. The molecule has 0 amide bonds. The number of allylic oxidation sites excluding steroid dienone is 1. The molecule has 1 fully saturated rings. The Hall–Kier alpha value is -1.56. The summed E-state index contributed by atoms with van der Waals surface area (Å²) in [6.45, 7) is 11.4. The number of nitrogens with zero attached hydrogens (tertiary/aromatic N) is 2. The third-order valence-electron chi connectivity index (χ3n) is 5.14. The molecule has 0 spiro atoms. The standard InChI is InChI=1S/C21H34N2O3/c1-16(2)8-10-23-12-11-22(15-19(23)9-13-24)14-18-6-7-20(25-4)17(3)21(18)26-5/h6-8,19,24H,9-15H2,1-5H3. The molecule has 26 heavy (non-hydrogen) atoms. The Bertz CT molecular complexity index is 612. The highest BCUT2D eigenvalue weighted by atomic mass is 16.5. The van der Waals surface area contributed by atoms with Gasteiger partial charge in [-0.25, -0.2) is 0 Å². The Balaban J connectivity index is 2.09. The molecular weight excluding hydrogens is 328 g/mol. The molecule has 1 N–H and O–H groups in total. The lowest BCUT2D eigenvalue weighted by Gasteiger charge is -2.41. The van der Waals surface area contributed by atoms with E-state index in [9.17, 15) is 5.11 Å². The van der Waals surface area contributed by atoms with Crippen molar-refractivity contribution in [1.82, 2.24) is 9.80 Å². The predicted octanol–water partition coefficient (Wildman–Crippen LogP) is 2.85. The third-order valence-corrected chi connectivity index (χ3v) is 5.14. The second-order valence-electron chi connectivity index (χ2n) is 7.26. The summed E-state index contributed by atoms with van der Waals surface area (Å²) in [4.78, 5) is 4.94. The van der Waals surface area contributed by atoms with Crippen molar-refractivity contribution < 1.29 is 14.6 Å². The molecule has 0 saturated carbocycles. The van der Waals surface area contributed by atoms with Crippen LogP contribution in [0.25, 0.3) is 0 Å². The SMILES string of the molecule is COc1ccc(CN2CCN(CC=C(C)C)C(CCO)C2)c(OC)c1C. The maximum absolute atomic E-state index is 9.47. The average molecular weight is 363 g/mol. The smallest absolute Gasteiger partial charge is 0.129 e. The van der Waals surface area contributed by atoms with Gasteiger partial charge >= 0.3 is 0 Å². The fourth-order valence-corrected chi connectivity index (χ4v) is 3.66. The molecule has 1 aromatic carbocycles. The average Bonchev–Trinajstić information content (AvgIpc) is 2.61. The van der Waals surface area contributed by atoms with Crippen LogP contribution in [-0.4, -0.2) is 68.0 Å². The van der Waals surface area contributed by atoms with Crippen LogP contribution in [0, 0.1) is 6.92 Å². The van der Waals surface area contributed by atoms with Crippen molar-refractivity contribution in [2.75, 3.05) is 47.0 Å². The van der Waals surface area contributed by atoms with Crippen molar-refractivity contribution in [3.63, 3.8) is 0 Å². The zero-order valence-electron chi connectivity index (χ0n) is 16.9. The van der Waals surface area contributed by atoms with E-state index in [4.69, 9.17) is 9.47 Å². The van der Waals surface area contributed by atoms with E-state index < -0.39 is 0 Å². The molecule has 5 heteroatoms. The van der Waals surface area contributed by atoms with Gasteiger partial charge in [-0.3, -0.25) is 9.80 Å². The molecule has 1 saturated heterocycles. The molecule has 1 aromatic rings. The number of hydrogen-bond donors (Lipinski definition) is 1. The van der Waals surface area contributed by atoms with Crippen molar-refractivity contribution in [3.05, 3.63) is 34.9 Å². The molecule has 5 nitrogen and oxygen atoms in total. The molecule has 1 unspecified atom stereocenters. The molecule has 2 rings (SSSR count). The van der Waals surface area contributed by atoms with Crippen LogP contribution < -0.4 is 9.47 Å². The van der Waals surface area contributed by atoms with Crippen molar-refractivity contribution in [2.45, 2.75) is 39.8 Å². The van der Waals surface area contributed by atoms with E-state index in [2.05, 4.69) is 35.8 Å². The van der Waals surface area contributed by atoms with Gasteiger partial charge < -0.3 is 14.6 Å². The highest BCUT2D eigenvalue weighted by Crippen LogP contribution is 2.32. The fourth-order valence-electron chi connectivity index (χ4n) is 3.66. The van der Waals surface area contributed by atoms with Crippen molar-refractivity contribution in [1.29, 1.82) is 0 Å². The molecule has 0 radical (unpaired) electrons. The number of aliphatic hydroxyl groups excluding tert-OH is 1. The summed E-state index contributed by atoms with van der Waals surface area (Å²) in [5, 5.41) is 9.47. The summed E-state index contributed by atoms with van der Waals surface area (Å²) < 4.78 is 11.1. The van der Waals surface area contributed by atoms with Gasteiger partial charge in [-0.1, -0.05) is 17.7 Å². The largest absolute Gasteiger partial charge is 0.496 e. The highest BCUT2D eigenvalue weighted by Gasteiger charge is 2.26. The van der Waals surface area contributed by atoms with Gasteiger partial charge in [0.1, 0.15) is 11.5 Å². The lowest BCUT2D eigenvalue weighted by molar-refractivity contribution is 0.0632. The topological polar surface area (TPSA) is 45.2 Å². The number of methoxy groups -OCH3 is 2. The Morgan fingerprint density at radius 3 is 2.62 bits per heavy atom. The van der Waals surface area contributed by atoms with Crippen LogP contribution >= 0.6 is 0 Å². The van der Waals surface area contributed by atoms with E-state index in [1.807, 2.05) is 13.0 Å². The van der Waals surface area contributed by atoms with E-state index in [1.54, 1.807) is 14.2 Å². The quantitative estimate of drug-likeness (QED) is 0.721. The van der Waals surface area contributed by atoms with Crippen molar-refractivity contribution in [2.24, 2.45) is 0 Å². The van der Waals surface area contributed by atoms with Gasteiger partial charge in [0.05, 0.1) is 14.2 Å². The van der Waals surface area contributed by atoms with Crippen LogP contribution in [0.4, 0.5) is 0 Å². The first-order valence-corrected chi connectivity index (χ1v) is 9.41. The molecule has 1 aliphatic rings. The molecule has 146 valence electrons. The molecule has 1 heterocycles. The Morgan fingerprint density at radius 2 is 2.00 bits per heavy atom. The Labute approximate surface area is 158 Å². The number of piperazine rings is 1. The predicted molar refractivity (Wildman–Crippen MR) is 106 cm³/mol. The second kappa shape index (κ2) is 9.95. The van der Waals surface area contributed by atoms with Crippen molar-refractivity contribution >= 4 is 0 Å². The number of benzene rings is 1.